The van der Waals surface area contributed by atoms with Gasteiger partial charge in [0.1, 0.15) is 11.5 Å². The van der Waals surface area contributed by atoms with Crippen LogP contribution in [0.5, 0.6) is 11.5 Å². The number of hydrogen-bond donors (Lipinski definition) is 2. The largest absolute Gasteiger partial charge is 0.508 e. The van der Waals surface area contributed by atoms with Crippen LogP contribution >= 0.6 is 0 Å². The van der Waals surface area contributed by atoms with E-state index in [-0.39, 0.29) is 0 Å². The summed E-state index contributed by atoms with van der Waals surface area (Å²) in [6.07, 6.45) is 5.48. The first-order chi connectivity index (χ1) is 8.31. The predicted octanol–water partition coefficient (Wildman–Crippen LogP) is 2.31. The van der Waals surface area contributed by atoms with Crippen LogP contribution in [0.25, 0.3) is 0 Å². The lowest BCUT2D eigenvalue weighted by molar-refractivity contribution is 0.395. The van der Waals surface area contributed by atoms with Gasteiger partial charge < -0.3 is 15.2 Å². The first kappa shape index (κ1) is 10.9. The topological polar surface area (TPSA) is 41.5 Å². The average molecular weight is 233 g/mol. The zero-order chi connectivity index (χ0) is 11.8. The molecule has 1 aliphatic carbocycles. The number of hydrogen-bond acceptors (Lipinski definition) is 3. The third-order valence-corrected chi connectivity index (χ3v) is 4.00. The van der Waals surface area contributed by atoms with Crippen molar-refractivity contribution in [2.24, 2.45) is 0 Å². The molecule has 17 heavy (non-hydrogen) atoms. The van der Waals surface area contributed by atoms with Crippen LogP contribution in [0.4, 0.5) is 0 Å². The quantitative estimate of drug-likeness (QED) is 0.823. The number of methoxy groups -OCH3 is 1. The summed E-state index contributed by atoms with van der Waals surface area (Å²) in [5.41, 5.74) is 3.47. The van der Waals surface area contributed by atoms with Gasteiger partial charge in [-0.1, -0.05) is 0 Å². The SMILES string of the molecule is COc1c([C@H]2CCCN2)cc(O)c2c1CCC2. The van der Waals surface area contributed by atoms with E-state index < -0.39 is 0 Å². The number of rotatable bonds is 2. The van der Waals surface area contributed by atoms with Crippen molar-refractivity contribution in [2.45, 2.75) is 38.1 Å². The molecule has 1 aromatic rings. The Hall–Kier alpha value is -1.22. The van der Waals surface area contributed by atoms with Gasteiger partial charge >= 0.3 is 0 Å². The first-order valence-corrected chi connectivity index (χ1v) is 6.46. The van der Waals surface area contributed by atoms with Crippen molar-refractivity contribution in [3.8, 4) is 11.5 Å². The fourth-order valence-electron chi connectivity index (χ4n) is 3.20. The summed E-state index contributed by atoms with van der Waals surface area (Å²) < 4.78 is 5.60. The van der Waals surface area contributed by atoms with Crippen LogP contribution in [0.2, 0.25) is 0 Å². The van der Waals surface area contributed by atoms with Gasteiger partial charge in [0.15, 0.2) is 0 Å². The molecule has 0 unspecified atom stereocenters. The van der Waals surface area contributed by atoms with E-state index in [0.29, 0.717) is 11.8 Å². The van der Waals surface area contributed by atoms with Crippen LogP contribution in [0.15, 0.2) is 6.07 Å². The molecule has 1 fully saturated rings. The van der Waals surface area contributed by atoms with Gasteiger partial charge in [0.25, 0.3) is 0 Å². The monoisotopic (exact) mass is 233 g/mol. The second-order valence-corrected chi connectivity index (χ2v) is 4.98. The molecule has 0 amide bonds. The Morgan fingerprint density at radius 2 is 2.12 bits per heavy atom. The van der Waals surface area contributed by atoms with E-state index in [1.807, 2.05) is 6.07 Å². The van der Waals surface area contributed by atoms with Gasteiger partial charge in [-0.2, -0.15) is 0 Å². The smallest absolute Gasteiger partial charge is 0.127 e. The highest BCUT2D eigenvalue weighted by Gasteiger charge is 2.27. The highest BCUT2D eigenvalue weighted by Crippen LogP contribution is 2.43. The standard InChI is InChI=1S/C14H19NO2/c1-17-14-10-5-2-4-9(10)13(16)8-11(14)12-6-3-7-15-12/h8,12,15-16H,2-7H2,1H3/t12-/m1/s1. The summed E-state index contributed by atoms with van der Waals surface area (Å²) in [6.45, 7) is 1.06. The molecule has 3 heteroatoms. The van der Waals surface area contributed by atoms with E-state index in [1.165, 1.54) is 12.0 Å². The third-order valence-electron chi connectivity index (χ3n) is 4.00. The molecule has 2 N–H and O–H groups in total. The van der Waals surface area contributed by atoms with Crippen molar-refractivity contribution >= 4 is 0 Å². The van der Waals surface area contributed by atoms with Crippen LogP contribution in [0, 0.1) is 0 Å². The Kier molecular flexibility index (Phi) is 2.71. The number of phenolic OH excluding ortho intramolecular Hbond substituents is 1. The molecule has 0 spiro atoms. The predicted molar refractivity (Wildman–Crippen MR) is 66.7 cm³/mol. The second-order valence-electron chi connectivity index (χ2n) is 4.98. The first-order valence-electron chi connectivity index (χ1n) is 6.46. The second kappa shape index (κ2) is 4.22. The molecule has 0 aromatic heterocycles. The van der Waals surface area contributed by atoms with Crippen molar-refractivity contribution in [2.75, 3.05) is 13.7 Å². The minimum absolute atomic E-state index is 0.349. The van der Waals surface area contributed by atoms with Gasteiger partial charge in [-0.05, 0) is 44.7 Å². The Labute approximate surface area is 102 Å². The summed E-state index contributed by atoms with van der Waals surface area (Å²) >= 11 is 0. The van der Waals surface area contributed by atoms with Crippen molar-refractivity contribution in [3.05, 3.63) is 22.8 Å². The molecular weight excluding hydrogens is 214 g/mol. The number of nitrogens with one attached hydrogen (secondary N) is 1. The Morgan fingerprint density at radius 3 is 2.82 bits per heavy atom. The maximum absolute atomic E-state index is 10.1. The molecule has 2 aliphatic rings. The normalized spacial score (nSPS) is 22.8. The number of ether oxygens (including phenoxy) is 1. The van der Waals surface area contributed by atoms with E-state index >= 15 is 0 Å². The Morgan fingerprint density at radius 1 is 1.29 bits per heavy atom. The highest BCUT2D eigenvalue weighted by molar-refractivity contribution is 5.56. The molecule has 1 aliphatic heterocycles. The molecule has 0 saturated carbocycles. The molecule has 0 bridgehead atoms. The minimum atomic E-state index is 0.349. The highest BCUT2D eigenvalue weighted by atomic mass is 16.5. The van der Waals surface area contributed by atoms with E-state index in [1.54, 1.807) is 7.11 Å². The lowest BCUT2D eigenvalue weighted by Crippen LogP contribution is -2.14. The number of benzene rings is 1. The molecule has 1 aromatic carbocycles. The summed E-state index contributed by atoms with van der Waals surface area (Å²) in [5, 5.41) is 13.6. The van der Waals surface area contributed by atoms with Crippen molar-refractivity contribution in [1.29, 1.82) is 0 Å². The molecule has 0 radical (unpaired) electrons. The Bertz CT molecular complexity index is 436. The van der Waals surface area contributed by atoms with Crippen molar-refractivity contribution in [1.82, 2.24) is 5.32 Å². The zero-order valence-corrected chi connectivity index (χ0v) is 10.3. The van der Waals surface area contributed by atoms with E-state index in [9.17, 15) is 5.11 Å². The maximum atomic E-state index is 10.1. The van der Waals surface area contributed by atoms with Crippen LogP contribution in [0.1, 0.15) is 42.0 Å². The number of fused-ring (bicyclic) bond motifs is 1. The molecule has 1 saturated heterocycles. The number of phenols is 1. The number of aromatic hydroxyl groups is 1. The van der Waals surface area contributed by atoms with Crippen LogP contribution in [-0.4, -0.2) is 18.8 Å². The Balaban J connectivity index is 2.11. The lowest BCUT2D eigenvalue weighted by atomic mass is 9.97. The zero-order valence-electron chi connectivity index (χ0n) is 10.3. The summed E-state index contributed by atoms with van der Waals surface area (Å²) in [7, 11) is 1.74. The minimum Gasteiger partial charge on any atom is -0.508 e. The summed E-state index contributed by atoms with van der Waals surface area (Å²) in [5.74, 6) is 1.47. The van der Waals surface area contributed by atoms with Crippen molar-refractivity contribution < 1.29 is 9.84 Å². The van der Waals surface area contributed by atoms with Gasteiger partial charge in [-0.15, -0.1) is 0 Å². The molecule has 3 nitrogen and oxygen atoms in total. The molecular formula is C14H19NO2. The average Bonchev–Trinajstić information content (AvgIpc) is 3.00. The van der Waals surface area contributed by atoms with Gasteiger partial charge in [0, 0.05) is 22.7 Å². The summed E-state index contributed by atoms with van der Waals surface area (Å²) in [6, 6.07) is 2.26. The van der Waals surface area contributed by atoms with E-state index in [4.69, 9.17) is 4.74 Å². The summed E-state index contributed by atoms with van der Waals surface area (Å²) in [4.78, 5) is 0. The molecule has 1 heterocycles. The molecule has 92 valence electrons. The maximum Gasteiger partial charge on any atom is 0.127 e. The fourth-order valence-corrected chi connectivity index (χ4v) is 3.20. The van der Waals surface area contributed by atoms with Gasteiger partial charge in [0.2, 0.25) is 0 Å². The van der Waals surface area contributed by atoms with Crippen LogP contribution in [0.3, 0.4) is 0 Å². The van der Waals surface area contributed by atoms with Gasteiger partial charge in [0.05, 0.1) is 7.11 Å². The van der Waals surface area contributed by atoms with E-state index in [0.717, 1.165) is 49.1 Å². The molecule has 1 atom stereocenters. The van der Waals surface area contributed by atoms with Crippen LogP contribution < -0.4 is 10.1 Å². The van der Waals surface area contributed by atoms with Gasteiger partial charge in [-0.25, -0.2) is 0 Å². The van der Waals surface area contributed by atoms with Gasteiger partial charge in [-0.3, -0.25) is 0 Å². The van der Waals surface area contributed by atoms with Crippen molar-refractivity contribution in [3.63, 3.8) is 0 Å². The van der Waals surface area contributed by atoms with E-state index in [2.05, 4.69) is 5.32 Å². The third kappa shape index (κ3) is 1.69. The van der Waals surface area contributed by atoms with Crippen LogP contribution in [-0.2, 0) is 12.8 Å². The lowest BCUT2D eigenvalue weighted by Gasteiger charge is -2.19. The fraction of sp³-hybridized carbons (Fsp3) is 0.571. The molecule has 3 rings (SSSR count).